The molecule has 2 unspecified atom stereocenters. The third-order valence-corrected chi connectivity index (χ3v) is 2.87. The van der Waals surface area contributed by atoms with Crippen molar-refractivity contribution in [2.75, 3.05) is 6.54 Å². The van der Waals surface area contributed by atoms with Gasteiger partial charge in [-0.1, -0.05) is 0 Å². The van der Waals surface area contributed by atoms with Crippen LogP contribution in [0.15, 0.2) is 0 Å². The molecule has 4 heteroatoms. The predicted octanol–water partition coefficient (Wildman–Crippen LogP) is 1.05. The largest absolute Gasteiger partial charge is 0.351 e. The lowest BCUT2D eigenvalue weighted by Gasteiger charge is -2.34. The number of primary amides is 1. The fourth-order valence-corrected chi connectivity index (χ4v) is 2.05. The van der Waals surface area contributed by atoms with Gasteiger partial charge >= 0.3 is 6.03 Å². The summed E-state index contributed by atoms with van der Waals surface area (Å²) in [4.78, 5) is 12.9. The molecule has 2 atom stereocenters. The summed E-state index contributed by atoms with van der Waals surface area (Å²) in [5, 5.41) is 0. The molecule has 1 heterocycles. The molecule has 0 spiro atoms. The zero-order valence-electron chi connectivity index (χ0n) is 8.91. The SMILES string of the molecule is CC(N)CCC1CCCCN1C(N)=O. The van der Waals surface area contributed by atoms with E-state index in [0.29, 0.717) is 6.04 Å². The molecule has 0 aromatic rings. The molecule has 1 fully saturated rings. The monoisotopic (exact) mass is 199 g/mol. The minimum absolute atomic E-state index is 0.214. The minimum Gasteiger partial charge on any atom is -0.351 e. The van der Waals surface area contributed by atoms with Gasteiger partial charge in [0.05, 0.1) is 0 Å². The Hall–Kier alpha value is -0.770. The maximum absolute atomic E-state index is 11.1. The molecule has 1 aliphatic heterocycles. The number of rotatable bonds is 3. The zero-order valence-corrected chi connectivity index (χ0v) is 8.91. The summed E-state index contributed by atoms with van der Waals surface area (Å²) in [7, 11) is 0. The van der Waals surface area contributed by atoms with Crippen molar-refractivity contribution in [1.82, 2.24) is 4.90 Å². The molecule has 82 valence electrons. The van der Waals surface area contributed by atoms with Crippen molar-refractivity contribution in [1.29, 1.82) is 0 Å². The summed E-state index contributed by atoms with van der Waals surface area (Å²) in [6.45, 7) is 2.82. The van der Waals surface area contributed by atoms with Gasteiger partial charge < -0.3 is 16.4 Å². The summed E-state index contributed by atoms with van der Waals surface area (Å²) < 4.78 is 0. The molecule has 0 saturated carbocycles. The summed E-state index contributed by atoms with van der Waals surface area (Å²) in [5.74, 6) is 0. The Morgan fingerprint density at radius 3 is 2.86 bits per heavy atom. The average Bonchev–Trinajstić information content (AvgIpc) is 2.15. The summed E-state index contributed by atoms with van der Waals surface area (Å²) in [5.41, 5.74) is 11.0. The first-order valence-electron chi connectivity index (χ1n) is 5.43. The van der Waals surface area contributed by atoms with Gasteiger partial charge in [-0.2, -0.15) is 0 Å². The molecule has 0 aliphatic carbocycles. The molecule has 4 nitrogen and oxygen atoms in total. The topological polar surface area (TPSA) is 72.3 Å². The highest BCUT2D eigenvalue weighted by molar-refractivity contribution is 5.72. The Morgan fingerprint density at radius 1 is 1.57 bits per heavy atom. The average molecular weight is 199 g/mol. The highest BCUT2D eigenvalue weighted by Crippen LogP contribution is 2.20. The first kappa shape index (κ1) is 11.3. The zero-order chi connectivity index (χ0) is 10.6. The Morgan fingerprint density at radius 2 is 2.29 bits per heavy atom. The van der Waals surface area contributed by atoms with E-state index in [4.69, 9.17) is 11.5 Å². The van der Waals surface area contributed by atoms with Crippen LogP contribution in [-0.4, -0.2) is 29.6 Å². The Bertz CT molecular complexity index is 194. The first-order chi connectivity index (χ1) is 6.61. The number of piperidine rings is 1. The van der Waals surface area contributed by atoms with E-state index in [9.17, 15) is 4.79 Å². The third-order valence-electron chi connectivity index (χ3n) is 2.87. The number of hydrogen-bond donors (Lipinski definition) is 2. The van der Waals surface area contributed by atoms with E-state index in [1.165, 1.54) is 6.42 Å². The number of urea groups is 1. The number of nitrogens with two attached hydrogens (primary N) is 2. The van der Waals surface area contributed by atoms with Crippen LogP contribution in [0.1, 0.15) is 39.0 Å². The van der Waals surface area contributed by atoms with E-state index in [1.54, 1.807) is 4.90 Å². The van der Waals surface area contributed by atoms with E-state index in [0.717, 1.165) is 32.2 Å². The number of carbonyl (C=O) groups is 1. The van der Waals surface area contributed by atoms with Gasteiger partial charge in [-0.15, -0.1) is 0 Å². The summed E-state index contributed by atoms with van der Waals surface area (Å²) in [6, 6.07) is 0.262. The van der Waals surface area contributed by atoms with Crippen molar-refractivity contribution >= 4 is 6.03 Å². The van der Waals surface area contributed by atoms with Crippen LogP contribution in [0.3, 0.4) is 0 Å². The minimum atomic E-state index is -0.278. The standard InChI is InChI=1S/C10H21N3O/c1-8(11)5-6-9-4-2-3-7-13(9)10(12)14/h8-9H,2-7,11H2,1H3,(H2,12,14). The van der Waals surface area contributed by atoms with Crippen LogP contribution < -0.4 is 11.5 Å². The van der Waals surface area contributed by atoms with Gasteiger partial charge in [-0.3, -0.25) is 0 Å². The van der Waals surface area contributed by atoms with Crippen LogP contribution in [0.4, 0.5) is 4.79 Å². The van der Waals surface area contributed by atoms with Gasteiger partial charge in [0.15, 0.2) is 0 Å². The molecular formula is C10H21N3O. The molecule has 2 amide bonds. The molecule has 0 aromatic heterocycles. The molecule has 14 heavy (non-hydrogen) atoms. The second-order valence-electron chi connectivity index (χ2n) is 4.24. The van der Waals surface area contributed by atoms with Crippen molar-refractivity contribution < 1.29 is 4.79 Å². The number of nitrogens with zero attached hydrogens (tertiary/aromatic N) is 1. The molecule has 0 aromatic carbocycles. The molecular weight excluding hydrogens is 178 g/mol. The lowest BCUT2D eigenvalue weighted by atomic mass is 9.97. The van der Waals surface area contributed by atoms with E-state index in [2.05, 4.69) is 0 Å². The normalized spacial score (nSPS) is 24.7. The number of carbonyl (C=O) groups excluding carboxylic acids is 1. The fourth-order valence-electron chi connectivity index (χ4n) is 2.05. The second kappa shape index (κ2) is 5.20. The highest BCUT2D eigenvalue weighted by Gasteiger charge is 2.24. The predicted molar refractivity (Wildman–Crippen MR) is 56.8 cm³/mol. The molecule has 1 rings (SSSR count). The molecule has 1 saturated heterocycles. The van der Waals surface area contributed by atoms with E-state index < -0.39 is 0 Å². The van der Waals surface area contributed by atoms with E-state index in [-0.39, 0.29) is 12.1 Å². The van der Waals surface area contributed by atoms with Crippen LogP contribution in [0.5, 0.6) is 0 Å². The number of hydrogen-bond acceptors (Lipinski definition) is 2. The van der Waals surface area contributed by atoms with E-state index >= 15 is 0 Å². The van der Waals surface area contributed by atoms with Crippen molar-refractivity contribution in [2.24, 2.45) is 11.5 Å². The Kier molecular flexibility index (Phi) is 4.20. The number of likely N-dealkylation sites (tertiary alicyclic amines) is 1. The van der Waals surface area contributed by atoms with Crippen molar-refractivity contribution in [3.05, 3.63) is 0 Å². The van der Waals surface area contributed by atoms with Gasteiger partial charge in [0.25, 0.3) is 0 Å². The maximum atomic E-state index is 11.1. The first-order valence-corrected chi connectivity index (χ1v) is 5.43. The molecule has 0 bridgehead atoms. The van der Waals surface area contributed by atoms with Crippen LogP contribution in [0.25, 0.3) is 0 Å². The Balaban J connectivity index is 2.42. The third kappa shape index (κ3) is 3.18. The van der Waals surface area contributed by atoms with Crippen LogP contribution >= 0.6 is 0 Å². The van der Waals surface area contributed by atoms with Crippen molar-refractivity contribution in [2.45, 2.75) is 51.1 Å². The second-order valence-corrected chi connectivity index (χ2v) is 4.24. The fraction of sp³-hybridized carbons (Fsp3) is 0.900. The summed E-state index contributed by atoms with van der Waals surface area (Å²) >= 11 is 0. The van der Waals surface area contributed by atoms with Crippen molar-refractivity contribution in [3.8, 4) is 0 Å². The molecule has 4 N–H and O–H groups in total. The smallest absolute Gasteiger partial charge is 0.315 e. The van der Waals surface area contributed by atoms with Gasteiger partial charge in [-0.25, -0.2) is 4.79 Å². The highest BCUT2D eigenvalue weighted by atomic mass is 16.2. The van der Waals surface area contributed by atoms with Crippen LogP contribution in [0.2, 0.25) is 0 Å². The summed E-state index contributed by atoms with van der Waals surface area (Å²) in [6.07, 6.45) is 5.32. The molecule has 0 radical (unpaired) electrons. The van der Waals surface area contributed by atoms with Crippen LogP contribution in [0, 0.1) is 0 Å². The van der Waals surface area contributed by atoms with Gasteiger partial charge in [0.2, 0.25) is 0 Å². The van der Waals surface area contributed by atoms with Gasteiger partial charge in [0.1, 0.15) is 0 Å². The Labute approximate surface area is 85.6 Å². The molecule has 1 aliphatic rings. The van der Waals surface area contributed by atoms with Crippen molar-refractivity contribution in [3.63, 3.8) is 0 Å². The van der Waals surface area contributed by atoms with Crippen LogP contribution in [-0.2, 0) is 0 Å². The van der Waals surface area contributed by atoms with Gasteiger partial charge in [0, 0.05) is 18.6 Å². The van der Waals surface area contributed by atoms with Gasteiger partial charge in [-0.05, 0) is 39.0 Å². The quantitative estimate of drug-likeness (QED) is 0.713. The number of amides is 2. The lowest BCUT2D eigenvalue weighted by molar-refractivity contribution is 0.152. The van der Waals surface area contributed by atoms with E-state index in [1.807, 2.05) is 6.92 Å². The maximum Gasteiger partial charge on any atom is 0.315 e. The lowest BCUT2D eigenvalue weighted by Crippen LogP contribution is -2.46.